The molecule has 1 saturated carbocycles. The largest absolute Gasteiger partial charge is 0.338 e. The van der Waals surface area contributed by atoms with Gasteiger partial charge >= 0.3 is 0 Å². The zero-order chi connectivity index (χ0) is 21.3. The summed E-state index contributed by atoms with van der Waals surface area (Å²) >= 11 is 0. The number of carbonyl (C=O) groups excluding carboxylic acids is 1. The minimum absolute atomic E-state index is 0.000504. The van der Waals surface area contributed by atoms with E-state index in [1.807, 2.05) is 48.1 Å². The van der Waals surface area contributed by atoms with Crippen LogP contribution in [0, 0.1) is 6.92 Å². The van der Waals surface area contributed by atoms with Crippen molar-refractivity contribution in [2.24, 2.45) is 7.05 Å². The summed E-state index contributed by atoms with van der Waals surface area (Å²) < 4.78 is 29.7. The lowest BCUT2D eigenvalue weighted by atomic mass is 10.0. The first-order valence-electron chi connectivity index (χ1n) is 9.81. The van der Waals surface area contributed by atoms with E-state index in [0.29, 0.717) is 17.0 Å². The standard InChI is InChI=1S/C22H24N4O3S/c1-15-8-11-18(30(28,29)25-17-9-10-17)14-19(15)22(27)24-20(16-6-4-3-5-7-16)21-23-12-13-26(21)2/h3-8,11-14,17,20,25H,9-10H2,1-2H3,(H,24,27). The zero-order valence-corrected chi connectivity index (χ0v) is 17.7. The molecule has 0 saturated heterocycles. The lowest BCUT2D eigenvalue weighted by Gasteiger charge is -2.20. The Labute approximate surface area is 176 Å². The molecule has 2 N–H and O–H groups in total. The smallest absolute Gasteiger partial charge is 0.252 e. The van der Waals surface area contributed by atoms with Crippen molar-refractivity contribution in [2.75, 3.05) is 0 Å². The molecule has 3 aromatic rings. The number of hydrogen-bond acceptors (Lipinski definition) is 4. The quantitative estimate of drug-likeness (QED) is 0.610. The highest BCUT2D eigenvalue weighted by Gasteiger charge is 2.29. The molecule has 1 aliphatic carbocycles. The molecule has 1 amide bonds. The van der Waals surface area contributed by atoms with Crippen molar-refractivity contribution < 1.29 is 13.2 Å². The molecular weight excluding hydrogens is 400 g/mol. The molecule has 4 rings (SSSR count). The Morgan fingerprint density at radius 2 is 1.90 bits per heavy atom. The van der Waals surface area contributed by atoms with E-state index in [1.165, 1.54) is 12.1 Å². The van der Waals surface area contributed by atoms with Crippen molar-refractivity contribution in [3.8, 4) is 0 Å². The number of aromatic nitrogens is 2. The molecule has 1 atom stereocenters. The summed E-state index contributed by atoms with van der Waals surface area (Å²) in [5, 5.41) is 3.03. The topological polar surface area (TPSA) is 93.1 Å². The summed E-state index contributed by atoms with van der Waals surface area (Å²) in [7, 11) is -1.78. The highest BCUT2D eigenvalue weighted by atomic mass is 32.2. The molecule has 7 nitrogen and oxygen atoms in total. The second kappa shape index (κ2) is 8.04. The van der Waals surface area contributed by atoms with E-state index >= 15 is 0 Å². The molecule has 1 heterocycles. The van der Waals surface area contributed by atoms with E-state index < -0.39 is 16.1 Å². The summed E-state index contributed by atoms with van der Waals surface area (Å²) in [5.74, 6) is 0.333. The predicted octanol–water partition coefficient (Wildman–Crippen LogP) is 2.69. The van der Waals surface area contributed by atoms with E-state index in [9.17, 15) is 13.2 Å². The Balaban J connectivity index is 1.66. The van der Waals surface area contributed by atoms with Crippen LogP contribution in [0.5, 0.6) is 0 Å². The fraction of sp³-hybridized carbons (Fsp3) is 0.273. The summed E-state index contributed by atoms with van der Waals surface area (Å²) in [6.07, 6.45) is 5.19. The van der Waals surface area contributed by atoms with Crippen LogP contribution in [0.2, 0.25) is 0 Å². The Kier molecular flexibility index (Phi) is 5.44. The molecule has 156 valence electrons. The minimum Gasteiger partial charge on any atom is -0.338 e. The summed E-state index contributed by atoms with van der Waals surface area (Å²) in [4.78, 5) is 17.7. The summed E-state index contributed by atoms with van der Waals surface area (Å²) in [5.41, 5.74) is 1.91. The summed E-state index contributed by atoms with van der Waals surface area (Å²) in [6, 6.07) is 13.7. The van der Waals surface area contributed by atoms with Crippen molar-refractivity contribution in [3.05, 3.63) is 83.4 Å². The van der Waals surface area contributed by atoms with Crippen LogP contribution in [0.1, 0.15) is 46.2 Å². The van der Waals surface area contributed by atoms with E-state index in [2.05, 4.69) is 15.0 Å². The van der Waals surface area contributed by atoms with Crippen molar-refractivity contribution in [3.63, 3.8) is 0 Å². The van der Waals surface area contributed by atoms with Crippen LogP contribution in [-0.4, -0.2) is 29.9 Å². The van der Waals surface area contributed by atoms with Crippen molar-refractivity contribution in [1.29, 1.82) is 0 Å². The summed E-state index contributed by atoms with van der Waals surface area (Å²) in [6.45, 7) is 1.79. The average Bonchev–Trinajstić information content (AvgIpc) is 3.43. The minimum atomic E-state index is -3.65. The van der Waals surface area contributed by atoms with Crippen LogP contribution in [0.25, 0.3) is 0 Å². The lowest BCUT2D eigenvalue weighted by molar-refractivity contribution is 0.0940. The van der Waals surface area contributed by atoms with Gasteiger partial charge in [-0.25, -0.2) is 18.1 Å². The molecule has 1 unspecified atom stereocenters. The van der Waals surface area contributed by atoms with Crippen LogP contribution in [0.15, 0.2) is 65.8 Å². The first-order chi connectivity index (χ1) is 14.3. The van der Waals surface area contributed by atoms with Gasteiger partial charge in [0.1, 0.15) is 11.9 Å². The Bertz CT molecular complexity index is 1170. The Morgan fingerprint density at radius 3 is 2.53 bits per heavy atom. The third-order valence-electron chi connectivity index (χ3n) is 5.19. The maximum absolute atomic E-state index is 13.2. The van der Waals surface area contributed by atoms with Crippen molar-refractivity contribution in [1.82, 2.24) is 19.6 Å². The van der Waals surface area contributed by atoms with Gasteiger partial charge in [-0.2, -0.15) is 0 Å². The molecule has 0 radical (unpaired) electrons. The van der Waals surface area contributed by atoms with Gasteiger partial charge in [0.15, 0.2) is 0 Å². The van der Waals surface area contributed by atoms with Gasteiger partial charge < -0.3 is 9.88 Å². The van der Waals surface area contributed by atoms with Gasteiger partial charge in [0.2, 0.25) is 10.0 Å². The van der Waals surface area contributed by atoms with Gasteiger partial charge in [0.05, 0.1) is 4.90 Å². The third-order valence-corrected chi connectivity index (χ3v) is 6.71. The second-order valence-corrected chi connectivity index (χ2v) is 9.30. The molecule has 0 aliphatic heterocycles. The number of hydrogen-bond donors (Lipinski definition) is 2. The van der Waals surface area contributed by atoms with Crippen molar-refractivity contribution in [2.45, 2.75) is 36.7 Å². The molecule has 0 spiro atoms. The zero-order valence-electron chi connectivity index (χ0n) is 16.9. The molecule has 30 heavy (non-hydrogen) atoms. The van der Waals surface area contributed by atoms with E-state index in [-0.39, 0.29) is 16.8 Å². The van der Waals surface area contributed by atoms with Crippen molar-refractivity contribution >= 4 is 15.9 Å². The van der Waals surface area contributed by atoms with Crippen LogP contribution in [0.4, 0.5) is 0 Å². The highest BCUT2D eigenvalue weighted by Crippen LogP contribution is 2.25. The number of aryl methyl sites for hydroxylation is 2. The number of benzene rings is 2. The maximum Gasteiger partial charge on any atom is 0.252 e. The first-order valence-corrected chi connectivity index (χ1v) is 11.3. The lowest BCUT2D eigenvalue weighted by Crippen LogP contribution is -2.32. The van der Waals surface area contributed by atoms with Gasteiger partial charge in [0, 0.05) is 31.0 Å². The molecule has 8 heteroatoms. The van der Waals surface area contributed by atoms with E-state index in [0.717, 1.165) is 18.4 Å². The van der Waals surface area contributed by atoms with Gasteiger partial charge in [-0.3, -0.25) is 4.79 Å². The number of amides is 1. The Morgan fingerprint density at radius 1 is 1.17 bits per heavy atom. The van der Waals surface area contributed by atoms with Gasteiger partial charge in [-0.1, -0.05) is 36.4 Å². The number of carbonyl (C=O) groups is 1. The second-order valence-electron chi connectivity index (χ2n) is 7.59. The Hall–Kier alpha value is -2.97. The molecule has 1 aliphatic rings. The fourth-order valence-corrected chi connectivity index (χ4v) is 4.64. The average molecular weight is 425 g/mol. The predicted molar refractivity (Wildman–Crippen MR) is 113 cm³/mol. The number of imidazole rings is 1. The number of sulfonamides is 1. The monoisotopic (exact) mass is 424 g/mol. The van der Waals surface area contributed by atoms with E-state index in [1.54, 1.807) is 19.2 Å². The molecule has 0 bridgehead atoms. The highest BCUT2D eigenvalue weighted by molar-refractivity contribution is 7.89. The van der Waals surface area contributed by atoms with Crippen LogP contribution in [-0.2, 0) is 17.1 Å². The van der Waals surface area contributed by atoms with Gasteiger partial charge in [-0.05, 0) is 43.0 Å². The SMILES string of the molecule is Cc1ccc(S(=O)(=O)NC2CC2)cc1C(=O)NC(c1ccccc1)c1nccn1C. The van der Waals surface area contributed by atoms with E-state index in [4.69, 9.17) is 0 Å². The molecule has 2 aromatic carbocycles. The van der Waals surface area contributed by atoms with Crippen LogP contribution < -0.4 is 10.0 Å². The number of nitrogens with zero attached hydrogens (tertiary/aromatic N) is 2. The van der Waals surface area contributed by atoms with Gasteiger partial charge in [-0.15, -0.1) is 0 Å². The van der Waals surface area contributed by atoms with Crippen LogP contribution >= 0.6 is 0 Å². The normalized spacial score (nSPS) is 15.0. The van der Waals surface area contributed by atoms with Gasteiger partial charge in [0.25, 0.3) is 5.91 Å². The molecule has 1 aromatic heterocycles. The molecular formula is C22H24N4O3S. The first kappa shape index (κ1) is 20.3. The molecule has 1 fully saturated rings. The maximum atomic E-state index is 13.2. The number of nitrogens with one attached hydrogen (secondary N) is 2. The van der Waals surface area contributed by atoms with Crippen LogP contribution in [0.3, 0.4) is 0 Å². The third kappa shape index (κ3) is 4.29. The fourth-order valence-electron chi connectivity index (χ4n) is 3.31. The number of rotatable bonds is 7.